The summed E-state index contributed by atoms with van der Waals surface area (Å²) in [7, 11) is 0. The van der Waals surface area contributed by atoms with Crippen LogP contribution in [0.2, 0.25) is 0 Å². The van der Waals surface area contributed by atoms with Crippen molar-refractivity contribution in [3.8, 4) is 0 Å². The van der Waals surface area contributed by atoms with Crippen molar-refractivity contribution >= 4 is 11.7 Å². The van der Waals surface area contributed by atoms with Gasteiger partial charge in [0.2, 0.25) is 0 Å². The van der Waals surface area contributed by atoms with Gasteiger partial charge in [-0.25, -0.2) is 4.79 Å². The van der Waals surface area contributed by atoms with Crippen molar-refractivity contribution in [2.24, 2.45) is 0 Å². The Hall–Kier alpha value is -2.24. The number of hydrogen-bond acceptors (Lipinski definition) is 2. The van der Waals surface area contributed by atoms with E-state index in [1.165, 1.54) is 12.1 Å². The Kier molecular flexibility index (Phi) is 3.83. The van der Waals surface area contributed by atoms with Gasteiger partial charge in [0.1, 0.15) is 0 Å². The Morgan fingerprint density at radius 2 is 1.95 bits per heavy atom. The van der Waals surface area contributed by atoms with E-state index in [9.17, 15) is 18.0 Å². The van der Waals surface area contributed by atoms with Crippen LogP contribution in [0.3, 0.4) is 0 Å². The predicted octanol–water partition coefficient (Wildman–Crippen LogP) is 3.96. The van der Waals surface area contributed by atoms with Crippen LogP contribution in [-0.2, 0) is 0 Å². The van der Waals surface area contributed by atoms with Gasteiger partial charge in [-0.2, -0.15) is 13.2 Å². The van der Waals surface area contributed by atoms with Gasteiger partial charge in [0.25, 0.3) is 0 Å². The highest BCUT2D eigenvalue weighted by Crippen LogP contribution is 2.32. The molecule has 0 fully saturated rings. The molecule has 0 bridgehead atoms. The third-order valence-electron chi connectivity index (χ3n) is 2.89. The van der Waals surface area contributed by atoms with E-state index in [0.29, 0.717) is 12.1 Å². The molecule has 2 rings (SSSR count). The minimum absolute atomic E-state index is 0.0245. The summed E-state index contributed by atoms with van der Waals surface area (Å²) in [5.74, 6) is -1.13. The number of alkyl halides is 3. The largest absolute Gasteiger partial charge is 0.478 e. The van der Waals surface area contributed by atoms with Crippen molar-refractivity contribution in [1.29, 1.82) is 0 Å². The van der Waals surface area contributed by atoms with Crippen molar-refractivity contribution in [2.75, 3.05) is 5.32 Å². The third-order valence-corrected chi connectivity index (χ3v) is 2.89. The quantitative estimate of drug-likeness (QED) is 0.882. The lowest BCUT2D eigenvalue weighted by molar-refractivity contribution is -0.0887. The lowest BCUT2D eigenvalue weighted by Gasteiger charge is -2.18. The van der Waals surface area contributed by atoms with E-state index in [4.69, 9.17) is 5.11 Å². The fourth-order valence-corrected chi connectivity index (χ4v) is 1.95. The molecule has 0 heterocycles. The van der Waals surface area contributed by atoms with E-state index < -0.39 is 17.7 Å². The topological polar surface area (TPSA) is 49.3 Å². The normalized spacial score (nSPS) is 15.3. The van der Waals surface area contributed by atoms with Gasteiger partial charge >= 0.3 is 12.1 Å². The summed E-state index contributed by atoms with van der Waals surface area (Å²) in [6, 6.07) is 6.11. The lowest BCUT2D eigenvalue weighted by atomic mass is 10.0. The molecule has 106 valence electrons. The summed E-state index contributed by atoms with van der Waals surface area (Å²) in [6.45, 7) is 0. The van der Waals surface area contributed by atoms with Gasteiger partial charge < -0.3 is 10.4 Å². The average Bonchev–Trinajstić information content (AvgIpc) is 2.38. The van der Waals surface area contributed by atoms with E-state index in [1.807, 2.05) is 0 Å². The van der Waals surface area contributed by atoms with Crippen molar-refractivity contribution < 1.29 is 23.1 Å². The number of benzene rings is 1. The molecule has 1 aliphatic rings. The molecule has 1 aliphatic carbocycles. The second kappa shape index (κ2) is 5.40. The van der Waals surface area contributed by atoms with Crippen molar-refractivity contribution in [3.05, 3.63) is 53.3 Å². The molecule has 2 N–H and O–H groups in total. The summed E-state index contributed by atoms with van der Waals surface area (Å²) in [5.41, 5.74) is -0.0428. The lowest BCUT2D eigenvalue weighted by Crippen LogP contribution is -2.15. The van der Waals surface area contributed by atoms with Crippen molar-refractivity contribution in [2.45, 2.75) is 19.0 Å². The van der Waals surface area contributed by atoms with Crippen LogP contribution in [0, 0.1) is 0 Å². The Bertz CT molecular complexity index is 588. The van der Waals surface area contributed by atoms with Crippen LogP contribution in [0.25, 0.3) is 0 Å². The maximum absolute atomic E-state index is 12.6. The van der Waals surface area contributed by atoms with Crippen LogP contribution in [0.4, 0.5) is 18.9 Å². The minimum atomic E-state index is -4.39. The smallest absolute Gasteiger partial charge is 0.416 e. The van der Waals surface area contributed by atoms with Gasteiger partial charge in [0.05, 0.1) is 16.8 Å². The van der Waals surface area contributed by atoms with Gasteiger partial charge in [-0.15, -0.1) is 0 Å². The average molecular weight is 283 g/mol. The maximum atomic E-state index is 12.6. The number of carbonyl (C=O) groups is 1. The molecule has 0 aromatic heterocycles. The van der Waals surface area contributed by atoms with E-state index >= 15 is 0 Å². The molecule has 6 heteroatoms. The van der Waals surface area contributed by atoms with E-state index in [-0.39, 0.29) is 17.7 Å². The molecule has 0 unspecified atom stereocenters. The zero-order valence-corrected chi connectivity index (χ0v) is 10.4. The number of aromatic carboxylic acids is 1. The van der Waals surface area contributed by atoms with Crippen LogP contribution in [0.1, 0.15) is 23.2 Å². The summed E-state index contributed by atoms with van der Waals surface area (Å²) < 4.78 is 37.9. The second-order valence-electron chi connectivity index (χ2n) is 4.34. The van der Waals surface area contributed by atoms with E-state index in [0.717, 1.165) is 12.2 Å². The monoisotopic (exact) mass is 283 g/mol. The standard InChI is InChI=1S/C14H12F3NO2/c15-14(16,17)9-4-3-5-10(8-9)18-12-7-2-1-6-11(12)13(19)20/h1-2,4,6-8,18H,3,5H2,(H,19,20). The molecule has 0 spiro atoms. The number of carboxylic acid groups (broad SMARTS) is 1. The number of anilines is 1. The minimum Gasteiger partial charge on any atom is -0.478 e. The zero-order chi connectivity index (χ0) is 14.8. The molecule has 20 heavy (non-hydrogen) atoms. The summed E-state index contributed by atoms with van der Waals surface area (Å²) in [4.78, 5) is 11.0. The highest BCUT2D eigenvalue weighted by molar-refractivity contribution is 5.94. The molecule has 3 nitrogen and oxygen atoms in total. The maximum Gasteiger partial charge on any atom is 0.416 e. The van der Waals surface area contributed by atoms with Gasteiger partial charge in [-0.05, 0) is 31.1 Å². The summed E-state index contributed by atoms with van der Waals surface area (Å²) >= 11 is 0. The Morgan fingerprint density at radius 1 is 1.25 bits per heavy atom. The van der Waals surface area contributed by atoms with Gasteiger partial charge in [-0.3, -0.25) is 0 Å². The number of nitrogens with one attached hydrogen (secondary N) is 1. The van der Waals surface area contributed by atoms with Gasteiger partial charge in [-0.1, -0.05) is 18.2 Å². The fraction of sp³-hybridized carbons (Fsp3) is 0.214. The molecule has 0 aliphatic heterocycles. The molecule has 1 aromatic carbocycles. The fourth-order valence-electron chi connectivity index (χ4n) is 1.95. The first-order valence-corrected chi connectivity index (χ1v) is 5.95. The Morgan fingerprint density at radius 3 is 2.60 bits per heavy atom. The highest BCUT2D eigenvalue weighted by atomic mass is 19.4. The summed E-state index contributed by atoms with van der Waals surface area (Å²) in [5, 5.41) is 11.8. The number of rotatable bonds is 3. The number of halogens is 3. The zero-order valence-electron chi connectivity index (χ0n) is 10.4. The molecular weight excluding hydrogens is 271 g/mol. The van der Waals surface area contributed by atoms with Gasteiger partial charge in [0.15, 0.2) is 0 Å². The number of para-hydroxylation sites is 1. The van der Waals surface area contributed by atoms with Crippen molar-refractivity contribution in [3.63, 3.8) is 0 Å². The molecule has 0 radical (unpaired) electrons. The number of carboxylic acids is 1. The molecular formula is C14H12F3NO2. The predicted molar refractivity (Wildman–Crippen MR) is 68.5 cm³/mol. The SMILES string of the molecule is O=C(O)c1ccccc1NC1=CC(C(F)(F)F)=CCC1. The molecule has 0 saturated heterocycles. The first kappa shape index (κ1) is 14.2. The summed E-state index contributed by atoms with van der Waals surface area (Å²) in [6.07, 6.45) is -1.56. The van der Waals surface area contributed by atoms with Crippen molar-refractivity contribution in [1.82, 2.24) is 0 Å². The number of allylic oxidation sites excluding steroid dienone is 4. The van der Waals surface area contributed by atoms with Crippen LogP contribution >= 0.6 is 0 Å². The second-order valence-corrected chi connectivity index (χ2v) is 4.34. The van der Waals surface area contributed by atoms with E-state index in [1.54, 1.807) is 12.1 Å². The van der Waals surface area contributed by atoms with Crippen LogP contribution in [0.5, 0.6) is 0 Å². The molecule has 0 saturated carbocycles. The van der Waals surface area contributed by atoms with E-state index in [2.05, 4.69) is 5.32 Å². The molecule has 0 atom stereocenters. The number of hydrogen-bond donors (Lipinski definition) is 2. The Labute approximate surface area is 113 Å². The van der Waals surface area contributed by atoms with Crippen LogP contribution in [0.15, 0.2) is 47.7 Å². The first-order chi connectivity index (χ1) is 9.38. The van der Waals surface area contributed by atoms with Crippen LogP contribution < -0.4 is 5.32 Å². The van der Waals surface area contributed by atoms with Crippen LogP contribution in [-0.4, -0.2) is 17.3 Å². The van der Waals surface area contributed by atoms with Gasteiger partial charge in [0, 0.05) is 5.70 Å². The third kappa shape index (κ3) is 3.20. The molecule has 1 aromatic rings. The highest BCUT2D eigenvalue weighted by Gasteiger charge is 2.33. The Balaban J connectivity index is 2.25. The molecule has 0 amide bonds. The first-order valence-electron chi connectivity index (χ1n) is 5.95.